The van der Waals surface area contributed by atoms with Gasteiger partial charge in [0.05, 0.1) is 6.04 Å². The molecular formula is C12H20N4O. The van der Waals surface area contributed by atoms with E-state index < -0.39 is 0 Å². The highest BCUT2D eigenvalue weighted by Crippen LogP contribution is 2.08. The number of nitrogens with zero attached hydrogens (tertiary/aromatic N) is 3. The molecule has 2 rings (SSSR count). The minimum Gasteiger partial charge on any atom is -0.337 e. The molecule has 1 aromatic rings. The van der Waals surface area contributed by atoms with E-state index in [9.17, 15) is 4.79 Å². The number of carbonyl (C=O) groups excluding carboxylic acids is 1. The van der Waals surface area contributed by atoms with Crippen molar-refractivity contribution in [2.75, 3.05) is 19.6 Å². The number of hydrogen-bond acceptors (Lipinski definition) is 3. The summed E-state index contributed by atoms with van der Waals surface area (Å²) in [4.78, 5) is 14.1. The van der Waals surface area contributed by atoms with Crippen LogP contribution in [0.1, 0.15) is 19.8 Å². The van der Waals surface area contributed by atoms with E-state index >= 15 is 0 Å². The van der Waals surface area contributed by atoms with Crippen LogP contribution in [0.3, 0.4) is 0 Å². The first-order valence-corrected chi connectivity index (χ1v) is 6.29. The molecule has 5 heteroatoms. The fourth-order valence-corrected chi connectivity index (χ4v) is 2.03. The quantitative estimate of drug-likeness (QED) is 0.782. The maximum absolute atomic E-state index is 12.1. The summed E-state index contributed by atoms with van der Waals surface area (Å²) in [5.74, 6) is 0.244. The van der Waals surface area contributed by atoms with Gasteiger partial charge in [-0.05, 0) is 12.5 Å². The Hall–Kier alpha value is -1.36. The van der Waals surface area contributed by atoms with Gasteiger partial charge in [0.1, 0.15) is 0 Å². The molecule has 0 spiro atoms. The maximum atomic E-state index is 12.1. The third-order valence-corrected chi connectivity index (χ3v) is 3.10. The Morgan fingerprint density at radius 2 is 2.41 bits per heavy atom. The van der Waals surface area contributed by atoms with Crippen LogP contribution in [0.5, 0.6) is 0 Å². The SMILES string of the molecule is CCCN(C(=O)CCn1cccn1)C1CNC1. The van der Waals surface area contributed by atoms with Gasteiger partial charge in [-0.1, -0.05) is 6.92 Å². The molecule has 0 atom stereocenters. The van der Waals surface area contributed by atoms with Crippen molar-refractivity contribution >= 4 is 5.91 Å². The fourth-order valence-electron chi connectivity index (χ4n) is 2.03. The van der Waals surface area contributed by atoms with E-state index in [1.54, 1.807) is 10.9 Å². The molecule has 1 aliphatic rings. The number of rotatable bonds is 6. The van der Waals surface area contributed by atoms with Crippen LogP contribution in [0.2, 0.25) is 0 Å². The summed E-state index contributed by atoms with van der Waals surface area (Å²) in [6, 6.07) is 2.28. The molecule has 0 aromatic carbocycles. The van der Waals surface area contributed by atoms with Crippen LogP contribution in [0.4, 0.5) is 0 Å². The van der Waals surface area contributed by atoms with Crippen LogP contribution in [0, 0.1) is 0 Å². The molecule has 1 saturated heterocycles. The van der Waals surface area contributed by atoms with Crippen molar-refractivity contribution in [3.05, 3.63) is 18.5 Å². The van der Waals surface area contributed by atoms with Gasteiger partial charge in [0.15, 0.2) is 0 Å². The summed E-state index contributed by atoms with van der Waals surface area (Å²) in [5.41, 5.74) is 0. The largest absolute Gasteiger partial charge is 0.337 e. The summed E-state index contributed by atoms with van der Waals surface area (Å²) in [5, 5.41) is 7.32. The summed E-state index contributed by atoms with van der Waals surface area (Å²) >= 11 is 0. The molecule has 1 amide bonds. The molecule has 1 fully saturated rings. The summed E-state index contributed by atoms with van der Waals surface area (Å²) < 4.78 is 1.81. The van der Waals surface area contributed by atoms with Crippen LogP contribution in [-0.2, 0) is 11.3 Å². The third-order valence-electron chi connectivity index (χ3n) is 3.10. The van der Waals surface area contributed by atoms with Gasteiger partial charge in [-0.2, -0.15) is 5.10 Å². The van der Waals surface area contributed by atoms with Gasteiger partial charge in [0.2, 0.25) is 5.91 Å². The fraction of sp³-hybridized carbons (Fsp3) is 0.667. The normalized spacial score (nSPS) is 15.6. The second-order valence-electron chi connectivity index (χ2n) is 4.42. The number of aromatic nitrogens is 2. The Kier molecular flexibility index (Phi) is 4.14. The Morgan fingerprint density at radius 3 is 2.94 bits per heavy atom. The lowest BCUT2D eigenvalue weighted by atomic mass is 10.1. The van der Waals surface area contributed by atoms with Crippen molar-refractivity contribution in [1.29, 1.82) is 0 Å². The third kappa shape index (κ3) is 3.06. The van der Waals surface area contributed by atoms with Gasteiger partial charge in [0.25, 0.3) is 0 Å². The molecular weight excluding hydrogens is 216 g/mol. The average Bonchev–Trinajstić information content (AvgIpc) is 2.75. The van der Waals surface area contributed by atoms with Gasteiger partial charge < -0.3 is 10.2 Å². The molecule has 0 unspecified atom stereocenters. The zero-order valence-corrected chi connectivity index (χ0v) is 10.3. The number of carbonyl (C=O) groups is 1. The Bertz CT molecular complexity index is 345. The van der Waals surface area contributed by atoms with E-state index in [4.69, 9.17) is 0 Å². The van der Waals surface area contributed by atoms with Crippen LogP contribution in [-0.4, -0.2) is 46.3 Å². The number of hydrogen-bond donors (Lipinski definition) is 1. The van der Waals surface area contributed by atoms with E-state index in [2.05, 4.69) is 17.3 Å². The monoisotopic (exact) mass is 236 g/mol. The lowest BCUT2D eigenvalue weighted by Crippen LogP contribution is -2.59. The van der Waals surface area contributed by atoms with Crippen LogP contribution >= 0.6 is 0 Å². The number of nitrogens with one attached hydrogen (secondary N) is 1. The first kappa shape index (κ1) is 12.1. The average molecular weight is 236 g/mol. The smallest absolute Gasteiger partial charge is 0.224 e. The Morgan fingerprint density at radius 1 is 1.59 bits per heavy atom. The minimum absolute atomic E-state index is 0.244. The molecule has 1 aromatic heterocycles. The van der Waals surface area contributed by atoms with Crippen molar-refractivity contribution in [3.63, 3.8) is 0 Å². The lowest BCUT2D eigenvalue weighted by molar-refractivity contribution is -0.134. The van der Waals surface area contributed by atoms with Gasteiger partial charge in [-0.25, -0.2) is 0 Å². The van der Waals surface area contributed by atoms with Gasteiger partial charge in [-0.15, -0.1) is 0 Å². The zero-order chi connectivity index (χ0) is 12.1. The number of aryl methyl sites for hydroxylation is 1. The second-order valence-corrected chi connectivity index (χ2v) is 4.42. The molecule has 1 aliphatic heterocycles. The Balaban J connectivity index is 1.83. The van der Waals surface area contributed by atoms with Gasteiger partial charge >= 0.3 is 0 Å². The van der Waals surface area contributed by atoms with E-state index in [0.717, 1.165) is 26.1 Å². The van der Waals surface area contributed by atoms with Crippen molar-refractivity contribution in [2.45, 2.75) is 32.4 Å². The van der Waals surface area contributed by atoms with Gasteiger partial charge in [-0.3, -0.25) is 9.48 Å². The predicted molar refractivity (Wildman–Crippen MR) is 65.5 cm³/mol. The Labute approximate surface area is 102 Å². The molecule has 0 bridgehead atoms. The summed E-state index contributed by atoms with van der Waals surface area (Å²) in [6.45, 7) is 5.53. The van der Waals surface area contributed by atoms with Crippen LogP contribution < -0.4 is 5.32 Å². The molecule has 17 heavy (non-hydrogen) atoms. The topological polar surface area (TPSA) is 50.2 Å². The van der Waals surface area contributed by atoms with Gasteiger partial charge in [0, 0.05) is 45.0 Å². The highest BCUT2D eigenvalue weighted by atomic mass is 16.2. The molecule has 2 heterocycles. The standard InChI is InChI=1S/C12H20N4O/c1-2-6-16(11-9-13-10-11)12(17)4-8-15-7-3-5-14-15/h3,5,7,11,13H,2,4,6,8-10H2,1H3. The second kappa shape index (κ2) is 5.82. The van der Waals surface area contributed by atoms with Crippen molar-refractivity contribution in [1.82, 2.24) is 20.0 Å². The lowest BCUT2D eigenvalue weighted by Gasteiger charge is -2.38. The molecule has 0 radical (unpaired) electrons. The molecule has 0 aliphatic carbocycles. The number of amides is 1. The molecule has 94 valence electrons. The maximum Gasteiger partial charge on any atom is 0.224 e. The van der Waals surface area contributed by atoms with E-state index in [0.29, 0.717) is 19.0 Å². The zero-order valence-electron chi connectivity index (χ0n) is 10.3. The van der Waals surface area contributed by atoms with Crippen LogP contribution in [0.15, 0.2) is 18.5 Å². The van der Waals surface area contributed by atoms with E-state index in [-0.39, 0.29) is 5.91 Å². The first-order chi connectivity index (χ1) is 8.31. The highest BCUT2D eigenvalue weighted by molar-refractivity contribution is 5.76. The molecule has 1 N–H and O–H groups in total. The summed E-state index contributed by atoms with van der Waals surface area (Å²) in [7, 11) is 0. The van der Waals surface area contributed by atoms with E-state index in [1.165, 1.54) is 0 Å². The molecule has 0 saturated carbocycles. The highest BCUT2D eigenvalue weighted by Gasteiger charge is 2.27. The van der Waals surface area contributed by atoms with Crippen molar-refractivity contribution in [2.24, 2.45) is 0 Å². The van der Waals surface area contributed by atoms with Crippen molar-refractivity contribution in [3.8, 4) is 0 Å². The predicted octanol–water partition coefficient (Wildman–Crippen LogP) is 0.484. The molecule has 5 nitrogen and oxygen atoms in total. The van der Waals surface area contributed by atoms with Crippen LogP contribution in [0.25, 0.3) is 0 Å². The minimum atomic E-state index is 0.244. The summed E-state index contributed by atoms with van der Waals surface area (Å²) in [6.07, 6.45) is 5.19. The first-order valence-electron chi connectivity index (χ1n) is 6.29. The van der Waals surface area contributed by atoms with E-state index in [1.807, 2.05) is 17.2 Å². The van der Waals surface area contributed by atoms with Crippen molar-refractivity contribution < 1.29 is 4.79 Å².